The monoisotopic (exact) mass is 450 g/mol. The molecule has 0 atom stereocenters. The van der Waals surface area contributed by atoms with Gasteiger partial charge in [0.25, 0.3) is 0 Å². The highest BCUT2D eigenvalue weighted by molar-refractivity contribution is 7.81. The molecule has 1 fully saturated rings. The molecule has 1 saturated heterocycles. The van der Waals surface area contributed by atoms with E-state index in [1.807, 2.05) is 12.1 Å². The molecule has 5 rings (SSSR count). The van der Waals surface area contributed by atoms with E-state index in [0.29, 0.717) is 0 Å². The minimum atomic E-state index is 0.735. The molecule has 0 unspecified atom stereocenters. The van der Waals surface area contributed by atoms with Crippen LogP contribution in [0.3, 0.4) is 0 Å². The Morgan fingerprint density at radius 1 is 0.727 bits per heavy atom. The SMILES string of the molecule is S=C(/C(=C/N1CCOCC1)c1ccccc1)N(c1ccccc1)c1ccc2ccccc2c1. The van der Waals surface area contributed by atoms with E-state index in [2.05, 4.69) is 107 Å². The van der Waals surface area contributed by atoms with E-state index in [4.69, 9.17) is 17.0 Å². The number of thiocarbonyl (C=S) groups is 1. The standard InChI is InChI=1S/C29H26N2OS/c33-29(28(24-10-3-1-4-11-24)22-30-17-19-32-20-18-30)31(26-13-5-2-6-14-26)27-16-15-23-9-7-8-12-25(23)21-27/h1-16,21-22H,17-20H2/b28-22+. The molecule has 0 saturated carbocycles. The van der Waals surface area contributed by atoms with Crippen molar-refractivity contribution in [3.05, 3.63) is 115 Å². The topological polar surface area (TPSA) is 15.7 Å². The second-order valence-corrected chi connectivity index (χ2v) is 8.45. The highest BCUT2D eigenvalue weighted by atomic mass is 32.1. The molecule has 33 heavy (non-hydrogen) atoms. The fourth-order valence-electron chi connectivity index (χ4n) is 4.16. The van der Waals surface area contributed by atoms with Crippen LogP contribution >= 0.6 is 12.2 Å². The number of nitrogens with zero attached hydrogens (tertiary/aromatic N) is 2. The van der Waals surface area contributed by atoms with Gasteiger partial charge in [-0.05, 0) is 40.6 Å². The molecule has 4 heteroatoms. The Morgan fingerprint density at radius 2 is 1.36 bits per heavy atom. The van der Waals surface area contributed by atoms with E-state index >= 15 is 0 Å². The first-order valence-electron chi connectivity index (χ1n) is 11.3. The highest BCUT2D eigenvalue weighted by Crippen LogP contribution is 2.33. The smallest absolute Gasteiger partial charge is 0.120 e. The van der Waals surface area contributed by atoms with Crippen molar-refractivity contribution in [1.29, 1.82) is 0 Å². The first kappa shape index (κ1) is 21.4. The summed E-state index contributed by atoms with van der Waals surface area (Å²) in [7, 11) is 0. The number of anilines is 2. The zero-order valence-corrected chi connectivity index (χ0v) is 19.2. The summed E-state index contributed by atoms with van der Waals surface area (Å²) in [6, 6.07) is 35.7. The van der Waals surface area contributed by atoms with Crippen LogP contribution in [-0.4, -0.2) is 36.2 Å². The van der Waals surface area contributed by atoms with Gasteiger partial charge < -0.3 is 14.5 Å². The van der Waals surface area contributed by atoms with Crippen LogP contribution in [0.25, 0.3) is 16.3 Å². The molecule has 0 N–H and O–H groups in total. The average Bonchev–Trinajstić information content (AvgIpc) is 2.89. The molecule has 0 bridgehead atoms. The van der Waals surface area contributed by atoms with Crippen molar-refractivity contribution >= 4 is 44.9 Å². The number of para-hydroxylation sites is 1. The normalized spacial score (nSPS) is 14.3. The third-order valence-electron chi connectivity index (χ3n) is 5.88. The van der Waals surface area contributed by atoms with E-state index in [0.717, 1.165) is 53.8 Å². The van der Waals surface area contributed by atoms with Crippen LogP contribution < -0.4 is 4.90 Å². The van der Waals surface area contributed by atoms with E-state index in [-0.39, 0.29) is 0 Å². The fraction of sp³-hybridized carbons (Fsp3) is 0.138. The first-order valence-corrected chi connectivity index (χ1v) is 11.7. The van der Waals surface area contributed by atoms with Crippen molar-refractivity contribution < 1.29 is 4.74 Å². The summed E-state index contributed by atoms with van der Waals surface area (Å²) in [6.45, 7) is 3.19. The molecule has 4 aromatic rings. The molecule has 0 radical (unpaired) electrons. The van der Waals surface area contributed by atoms with Gasteiger partial charge >= 0.3 is 0 Å². The maximum absolute atomic E-state index is 6.23. The van der Waals surface area contributed by atoms with Gasteiger partial charge in [-0.15, -0.1) is 0 Å². The molecular formula is C29H26N2OS. The summed E-state index contributed by atoms with van der Waals surface area (Å²) in [5.74, 6) is 0. The summed E-state index contributed by atoms with van der Waals surface area (Å²) < 4.78 is 5.56. The molecule has 3 nitrogen and oxygen atoms in total. The van der Waals surface area contributed by atoms with Gasteiger partial charge in [0.05, 0.1) is 13.2 Å². The lowest BCUT2D eigenvalue weighted by atomic mass is 10.0. The van der Waals surface area contributed by atoms with Gasteiger partial charge in [0.15, 0.2) is 0 Å². The third kappa shape index (κ3) is 4.82. The molecule has 164 valence electrons. The Balaban J connectivity index is 1.63. The molecule has 1 aliphatic heterocycles. The van der Waals surface area contributed by atoms with Crippen molar-refractivity contribution in [3.8, 4) is 0 Å². The lowest BCUT2D eigenvalue weighted by Crippen LogP contribution is -2.33. The first-order chi connectivity index (χ1) is 16.3. The minimum Gasteiger partial charge on any atom is -0.378 e. The lowest BCUT2D eigenvalue weighted by Gasteiger charge is -2.30. The van der Waals surface area contributed by atoms with Gasteiger partial charge in [-0.25, -0.2) is 0 Å². The van der Waals surface area contributed by atoms with Crippen LogP contribution in [0.5, 0.6) is 0 Å². The lowest BCUT2D eigenvalue weighted by molar-refractivity contribution is 0.0597. The van der Waals surface area contributed by atoms with Crippen LogP contribution in [-0.2, 0) is 4.74 Å². The summed E-state index contributed by atoms with van der Waals surface area (Å²) >= 11 is 6.23. The molecule has 0 spiro atoms. The number of fused-ring (bicyclic) bond motifs is 1. The molecular weight excluding hydrogens is 424 g/mol. The summed E-state index contributed by atoms with van der Waals surface area (Å²) in [5.41, 5.74) is 4.23. The second kappa shape index (κ2) is 9.99. The van der Waals surface area contributed by atoms with Crippen LogP contribution in [0.1, 0.15) is 5.56 Å². The molecule has 0 amide bonds. The second-order valence-electron chi connectivity index (χ2n) is 8.06. The number of ether oxygens (including phenoxy) is 1. The van der Waals surface area contributed by atoms with Crippen LogP contribution in [0.15, 0.2) is 109 Å². The van der Waals surface area contributed by atoms with Crippen molar-refractivity contribution in [2.45, 2.75) is 0 Å². The van der Waals surface area contributed by atoms with Crippen LogP contribution in [0.2, 0.25) is 0 Å². The highest BCUT2D eigenvalue weighted by Gasteiger charge is 2.21. The van der Waals surface area contributed by atoms with E-state index in [9.17, 15) is 0 Å². The zero-order chi connectivity index (χ0) is 22.5. The Bertz CT molecular complexity index is 1260. The van der Waals surface area contributed by atoms with Crippen molar-refractivity contribution in [2.75, 3.05) is 31.2 Å². The molecule has 0 aliphatic carbocycles. The Hall–Kier alpha value is -3.47. The number of benzene rings is 4. The summed E-state index contributed by atoms with van der Waals surface area (Å²) in [6.07, 6.45) is 2.21. The van der Waals surface area contributed by atoms with Crippen molar-refractivity contribution in [1.82, 2.24) is 4.90 Å². The van der Waals surface area contributed by atoms with Crippen molar-refractivity contribution in [3.63, 3.8) is 0 Å². The maximum Gasteiger partial charge on any atom is 0.120 e. The number of rotatable bonds is 5. The number of hydrogen-bond donors (Lipinski definition) is 0. The van der Waals surface area contributed by atoms with Gasteiger partial charge in [0.1, 0.15) is 4.99 Å². The molecule has 4 aromatic carbocycles. The van der Waals surface area contributed by atoms with Crippen molar-refractivity contribution in [2.24, 2.45) is 0 Å². The van der Waals surface area contributed by atoms with Gasteiger partial charge in [-0.1, -0.05) is 91.1 Å². The fourth-order valence-corrected chi connectivity index (χ4v) is 4.54. The largest absolute Gasteiger partial charge is 0.378 e. The molecule has 1 aliphatic rings. The average molecular weight is 451 g/mol. The molecule has 1 heterocycles. The van der Waals surface area contributed by atoms with E-state index < -0.39 is 0 Å². The number of hydrogen-bond acceptors (Lipinski definition) is 3. The maximum atomic E-state index is 6.23. The quantitative estimate of drug-likeness (QED) is 0.249. The van der Waals surface area contributed by atoms with E-state index in [1.54, 1.807) is 0 Å². The van der Waals surface area contributed by atoms with E-state index in [1.165, 1.54) is 10.8 Å². The van der Waals surface area contributed by atoms with Gasteiger partial charge in [-0.3, -0.25) is 0 Å². The minimum absolute atomic E-state index is 0.735. The predicted molar refractivity (Wildman–Crippen MR) is 142 cm³/mol. The Labute approximate surface area is 200 Å². The van der Waals surface area contributed by atoms with Crippen LogP contribution in [0, 0.1) is 0 Å². The van der Waals surface area contributed by atoms with Crippen LogP contribution in [0.4, 0.5) is 11.4 Å². The summed E-state index contributed by atoms with van der Waals surface area (Å²) in [4.78, 5) is 5.26. The third-order valence-corrected chi connectivity index (χ3v) is 6.28. The molecule has 0 aromatic heterocycles. The predicted octanol–water partition coefficient (Wildman–Crippen LogP) is 6.68. The zero-order valence-electron chi connectivity index (χ0n) is 18.4. The van der Waals surface area contributed by atoms with Gasteiger partial charge in [0.2, 0.25) is 0 Å². The Morgan fingerprint density at radius 3 is 2.09 bits per heavy atom. The summed E-state index contributed by atoms with van der Waals surface area (Å²) in [5, 5.41) is 2.41. The van der Waals surface area contributed by atoms with Gasteiger partial charge in [0, 0.05) is 36.2 Å². The Kier molecular flexibility index (Phi) is 6.47. The number of morpholine rings is 1. The van der Waals surface area contributed by atoms with Gasteiger partial charge in [-0.2, -0.15) is 0 Å².